The van der Waals surface area contributed by atoms with Gasteiger partial charge in [0.15, 0.2) is 0 Å². The fourth-order valence-electron chi connectivity index (χ4n) is 0.650. The molecule has 0 radical (unpaired) electrons. The van der Waals surface area contributed by atoms with Gasteiger partial charge in [-0.15, -0.1) is 0 Å². The van der Waals surface area contributed by atoms with Gasteiger partial charge < -0.3 is 9.84 Å². The van der Waals surface area contributed by atoms with Crippen LogP contribution >= 0.6 is 0 Å². The summed E-state index contributed by atoms with van der Waals surface area (Å²) in [6.45, 7) is 3.24. The number of hydrogen-bond donors (Lipinski definition) is 1. The highest BCUT2D eigenvalue weighted by Crippen LogP contribution is 2.10. The van der Waals surface area contributed by atoms with E-state index in [2.05, 4.69) is 0 Å². The second-order valence-electron chi connectivity index (χ2n) is 2.08. The van der Waals surface area contributed by atoms with Gasteiger partial charge in [0.1, 0.15) is 0 Å². The molecular formula is C5H10O2. The molecule has 2 nitrogen and oxygen atoms in total. The zero-order valence-electron chi connectivity index (χ0n) is 4.42. The van der Waals surface area contributed by atoms with E-state index in [1.54, 1.807) is 0 Å². The maximum atomic E-state index is 8.87. The Kier molecular flexibility index (Phi) is 1.30. The average Bonchev–Trinajstić information content (AvgIpc) is 1.91. The first kappa shape index (κ1) is 5.06. The van der Waals surface area contributed by atoms with Crippen LogP contribution in [0.25, 0.3) is 0 Å². The Morgan fingerprint density at radius 3 is 2.43 bits per heavy atom. The maximum absolute atomic E-state index is 8.87. The third kappa shape index (κ3) is 0.924. The SMILES string of the molecule is C[C@H]1COC[C@H]1O. The van der Waals surface area contributed by atoms with Crippen molar-refractivity contribution >= 4 is 0 Å². The summed E-state index contributed by atoms with van der Waals surface area (Å²) in [7, 11) is 0. The first-order valence-electron chi connectivity index (χ1n) is 2.56. The molecule has 2 heteroatoms. The van der Waals surface area contributed by atoms with E-state index in [0.717, 1.165) is 6.61 Å². The first-order chi connectivity index (χ1) is 3.30. The molecule has 1 aliphatic rings. The van der Waals surface area contributed by atoms with Crippen LogP contribution in [-0.4, -0.2) is 24.4 Å². The van der Waals surface area contributed by atoms with Gasteiger partial charge in [0.2, 0.25) is 0 Å². The highest BCUT2D eigenvalue weighted by molar-refractivity contribution is 4.68. The lowest BCUT2D eigenvalue weighted by molar-refractivity contribution is 0.120. The number of rotatable bonds is 0. The normalized spacial score (nSPS) is 42.0. The Bertz CT molecular complexity index is 55.1. The summed E-state index contributed by atoms with van der Waals surface area (Å²) < 4.78 is 4.92. The Morgan fingerprint density at radius 2 is 2.29 bits per heavy atom. The van der Waals surface area contributed by atoms with Gasteiger partial charge in [0, 0.05) is 5.92 Å². The number of aliphatic hydroxyl groups excluding tert-OH is 1. The van der Waals surface area contributed by atoms with E-state index in [-0.39, 0.29) is 6.10 Å². The molecule has 0 aromatic carbocycles. The predicted molar refractivity (Wildman–Crippen MR) is 26.0 cm³/mol. The summed E-state index contributed by atoms with van der Waals surface area (Å²) in [5.74, 6) is 0.347. The van der Waals surface area contributed by atoms with Crippen molar-refractivity contribution in [3.63, 3.8) is 0 Å². The van der Waals surface area contributed by atoms with Crippen LogP contribution in [0.3, 0.4) is 0 Å². The predicted octanol–water partition coefficient (Wildman–Crippen LogP) is 0.0136. The summed E-state index contributed by atoms with van der Waals surface area (Å²) in [5.41, 5.74) is 0. The number of aliphatic hydroxyl groups is 1. The summed E-state index contributed by atoms with van der Waals surface area (Å²) in [5, 5.41) is 8.87. The highest BCUT2D eigenvalue weighted by Gasteiger charge is 2.20. The van der Waals surface area contributed by atoms with Crippen LogP contribution in [0.15, 0.2) is 0 Å². The molecule has 0 aromatic rings. The van der Waals surface area contributed by atoms with E-state index in [4.69, 9.17) is 9.84 Å². The fraction of sp³-hybridized carbons (Fsp3) is 1.00. The molecular weight excluding hydrogens is 92.1 g/mol. The standard InChI is InChI=1S/C5H10O2/c1-4-2-7-3-5(4)6/h4-6H,2-3H2,1H3/t4-,5+/m0/s1. The molecule has 1 rings (SSSR count). The molecule has 2 atom stereocenters. The van der Waals surface area contributed by atoms with E-state index >= 15 is 0 Å². The minimum absolute atomic E-state index is 0.208. The van der Waals surface area contributed by atoms with Crippen molar-refractivity contribution in [1.82, 2.24) is 0 Å². The summed E-state index contributed by atoms with van der Waals surface area (Å²) in [4.78, 5) is 0. The summed E-state index contributed by atoms with van der Waals surface area (Å²) in [6, 6.07) is 0. The van der Waals surface area contributed by atoms with Crippen LogP contribution in [-0.2, 0) is 4.74 Å². The number of ether oxygens (including phenoxy) is 1. The third-order valence-corrected chi connectivity index (χ3v) is 1.33. The van der Waals surface area contributed by atoms with Crippen molar-refractivity contribution in [2.45, 2.75) is 13.0 Å². The van der Waals surface area contributed by atoms with E-state index in [1.165, 1.54) is 0 Å². The summed E-state index contributed by atoms with van der Waals surface area (Å²) >= 11 is 0. The molecule has 7 heavy (non-hydrogen) atoms. The van der Waals surface area contributed by atoms with Gasteiger partial charge in [-0.2, -0.15) is 0 Å². The average molecular weight is 102 g/mol. The Hall–Kier alpha value is -0.0800. The molecule has 0 aromatic heterocycles. The number of hydrogen-bond acceptors (Lipinski definition) is 2. The fourth-order valence-corrected chi connectivity index (χ4v) is 0.650. The lowest BCUT2D eigenvalue weighted by Crippen LogP contribution is -2.13. The van der Waals surface area contributed by atoms with Crippen molar-refractivity contribution in [2.24, 2.45) is 5.92 Å². The molecule has 0 spiro atoms. The minimum atomic E-state index is -0.208. The van der Waals surface area contributed by atoms with E-state index in [0.29, 0.717) is 12.5 Å². The lowest BCUT2D eigenvalue weighted by atomic mass is 10.1. The molecule has 42 valence electrons. The van der Waals surface area contributed by atoms with Crippen LogP contribution < -0.4 is 0 Å². The van der Waals surface area contributed by atoms with Gasteiger partial charge in [0.05, 0.1) is 19.3 Å². The molecule has 0 saturated carbocycles. The van der Waals surface area contributed by atoms with Gasteiger partial charge in [-0.3, -0.25) is 0 Å². The van der Waals surface area contributed by atoms with Crippen molar-refractivity contribution in [3.8, 4) is 0 Å². The topological polar surface area (TPSA) is 29.5 Å². The molecule has 0 amide bonds. The maximum Gasteiger partial charge on any atom is 0.0821 e. The molecule has 0 bridgehead atoms. The molecule has 0 aliphatic carbocycles. The van der Waals surface area contributed by atoms with Crippen LogP contribution in [0.4, 0.5) is 0 Å². The Balaban J connectivity index is 2.33. The van der Waals surface area contributed by atoms with Crippen LogP contribution in [0.1, 0.15) is 6.92 Å². The monoisotopic (exact) mass is 102 g/mol. The van der Waals surface area contributed by atoms with Gasteiger partial charge in [0.25, 0.3) is 0 Å². The van der Waals surface area contributed by atoms with Crippen molar-refractivity contribution in [3.05, 3.63) is 0 Å². The highest BCUT2D eigenvalue weighted by atomic mass is 16.5. The second kappa shape index (κ2) is 1.80. The van der Waals surface area contributed by atoms with E-state index in [1.807, 2.05) is 6.92 Å². The Labute approximate surface area is 43.1 Å². The van der Waals surface area contributed by atoms with Crippen molar-refractivity contribution in [2.75, 3.05) is 13.2 Å². The molecule has 1 fully saturated rings. The van der Waals surface area contributed by atoms with Gasteiger partial charge >= 0.3 is 0 Å². The second-order valence-corrected chi connectivity index (χ2v) is 2.08. The largest absolute Gasteiger partial charge is 0.390 e. The van der Waals surface area contributed by atoms with Crippen LogP contribution in [0, 0.1) is 5.92 Å². The minimum Gasteiger partial charge on any atom is -0.390 e. The Morgan fingerprint density at radius 1 is 1.57 bits per heavy atom. The molecule has 1 saturated heterocycles. The quantitative estimate of drug-likeness (QED) is 0.467. The smallest absolute Gasteiger partial charge is 0.0821 e. The summed E-state index contributed by atoms with van der Waals surface area (Å²) in [6.07, 6.45) is -0.208. The molecule has 0 unspecified atom stereocenters. The van der Waals surface area contributed by atoms with Crippen LogP contribution in [0.2, 0.25) is 0 Å². The van der Waals surface area contributed by atoms with Gasteiger partial charge in [-0.1, -0.05) is 6.92 Å². The zero-order chi connectivity index (χ0) is 5.28. The molecule has 1 N–H and O–H groups in total. The van der Waals surface area contributed by atoms with Crippen molar-refractivity contribution in [1.29, 1.82) is 0 Å². The van der Waals surface area contributed by atoms with Gasteiger partial charge in [-0.05, 0) is 0 Å². The van der Waals surface area contributed by atoms with Crippen molar-refractivity contribution < 1.29 is 9.84 Å². The third-order valence-electron chi connectivity index (χ3n) is 1.33. The van der Waals surface area contributed by atoms with E-state index in [9.17, 15) is 0 Å². The zero-order valence-corrected chi connectivity index (χ0v) is 4.42. The van der Waals surface area contributed by atoms with Crippen LogP contribution in [0.5, 0.6) is 0 Å². The first-order valence-corrected chi connectivity index (χ1v) is 2.56. The lowest BCUT2D eigenvalue weighted by Gasteiger charge is -2.00. The molecule has 1 aliphatic heterocycles. The molecule has 1 heterocycles. The van der Waals surface area contributed by atoms with E-state index < -0.39 is 0 Å². The van der Waals surface area contributed by atoms with Gasteiger partial charge in [-0.25, -0.2) is 0 Å².